The molecule has 1 aromatic heterocycles. The van der Waals surface area contributed by atoms with Crippen LogP contribution in [0, 0.1) is 12.7 Å². The van der Waals surface area contributed by atoms with Gasteiger partial charge in [-0.15, -0.1) is 11.3 Å². The Hall–Kier alpha value is -3.23. The van der Waals surface area contributed by atoms with Crippen LogP contribution in [-0.4, -0.2) is 20.5 Å². The summed E-state index contributed by atoms with van der Waals surface area (Å²) >= 11 is 1.30. The third kappa shape index (κ3) is 4.30. The molecule has 0 fully saturated rings. The minimum atomic E-state index is -3.83. The summed E-state index contributed by atoms with van der Waals surface area (Å²) < 4.78 is 48.0. The Labute approximate surface area is 184 Å². The molecule has 0 radical (unpaired) electrons. The predicted molar refractivity (Wildman–Crippen MR) is 121 cm³/mol. The third-order valence-corrected chi connectivity index (χ3v) is 6.97. The second-order valence-corrected chi connectivity index (χ2v) is 9.34. The van der Waals surface area contributed by atoms with Crippen molar-refractivity contribution >= 4 is 27.0 Å². The molecule has 0 aliphatic carbocycles. The fourth-order valence-corrected chi connectivity index (χ4v) is 5.18. The lowest BCUT2D eigenvalue weighted by Gasteiger charge is -2.13. The van der Waals surface area contributed by atoms with E-state index in [9.17, 15) is 12.8 Å². The van der Waals surface area contributed by atoms with Gasteiger partial charge in [-0.1, -0.05) is 30.3 Å². The Morgan fingerprint density at radius 2 is 1.71 bits per heavy atom. The number of anilines is 1. The van der Waals surface area contributed by atoms with Gasteiger partial charge in [-0.2, -0.15) is 0 Å². The summed E-state index contributed by atoms with van der Waals surface area (Å²) in [6.07, 6.45) is 0. The van der Waals surface area contributed by atoms with E-state index in [0.717, 1.165) is 0 Å². The third-order valence-electron chi connectivity index (χ3n) is 4.73. The van der Waals surface area contributed by atoms with Crippen LogP contribution in [0.2, 0.25) is 0 Å². The maximum absolute atomic E-state index is 14.1. The summed E-state index contributed by atoms with van der Waals surface area (Å²) in [4.78, 5) is 4.67. The lowest BCUT2D eigenvalue weighted by molar-refractivity contribution is 0.411. The van der Waals surface area contributed by atoms with E-state index >= 15 is 0 Å². The minimum Gasteiger partial charge on any atom is -0.496 e. The van der Waals surface area contributed by atoms with Gasteiger partial charge in [0, 0.05) is 16.5 Å². The van der Waals surface area contributed by atoms with E-state index in [2.05, 4.69) is 9.71 Å². The number of halogens is 1. The first-order valence-corrected chi connectivity index (χ1v) is 11.7. The molecule has 0 aliphatic heterocycles. The van der Waals surface area contributed by atoms with Gasteiger partial charge in [0.15, 0.2) is 0 Å². The number of para-hydroxylation sites is 1. The van der Waals surface area contributed by atoms with Gasteiger partial charge in [0.05, 0.1) is 23.4 Å². The van der Waals surface area contributed by atoms with E-state index in [-0.39, 0.29) is 10.7 Å². The number of hydrogen-bond donors (Lipinski definition) is 1. The monoisotopic (exact) mass is 454 g/mol. The Morgan fingerprint density at radius 3 is 2.42 bits per heavy atom. The summed E-state index contributed by atoms with van der Waals surface area (Å²) in [6.45, 7) is 1.78. The van der Waals surface area contributed by atoms with E-state index in [1.54, 1.807) is 66.9 Å². The maximum atomic E-state index is 14.1. The van der Waals surface area contributed by atoms with Gasteiger partial charge in [0.2, 0.25) is 0 Å². The van der Waals surface area contributed by atoms with E-state index in [4.69, 9.17) is 4.74 Å². The van der Waals surface area contributed by atoms with Crippen molar-refractivity contribution in [1.82, 2.24) is 4.98 Å². The Balaban J connectivity index is 1.69. The summed E-state index contributed by atoms with van der Waals surface area (Å²) in [5, 5.41) is 2.31. The van der Waals surface area contributed by atoms with E-state index in [1.165, 1.54) is 30.6 Å². The van der Waals surface area contributed by atoms with Crippen LogP contribution in [0.4, 0.5) is 10.1 Å². The normalized spacial score (nSPS) is 11.3. The molecule has 4 aromatic rings. The van der Waals surface area contributed by atoms with Crippen LogP contribution in [0.15, 0.2) is 77.0 Å². The van der Waals surface area contributed by atoms with Crippen molar-refractivity contribution < 1.29 is 17.5 Å². The first-order chi connectivity index (χ1) is 14.9. The van der Waals surface area contributed by atoms with Crippen LogP contribution in [0.25, 0.3) is 21.8 Å². The molecular formula is C23H19FN2O3S2. The fourth-order valence-electron chi connectivity index (χ4n) is 3.17. The highest BCUT2D eigenvalue weighted by Gasteiger charge is 2.19. The van der Waals surface area contributed by atoms with E-state index < -0.39 is 10.0 Å². The van der Waals surface area contributed by atoms with Gasteiger partial charge < -0.3 is 4.74 Å². The molecule has 0 amide bonds. The first kappa shape index (κ1) is 21.0. The number of sulfonamides is 1. The standard InChI is InChI=1S/C23H19FN2O3S2/c1-15-13-16(11-12-22(15)29-2)31(27,28)26-20-10-6-4-8-18(20)21-14-30-23(25-21)17-7-3-5-9-19(17)24/h3-14,26H,1-2H3. The number of nitrogens with one attached hydrogen (secondary N) is 1. The highest BCUT2D eigenvalue weighted by atomic mass is 32.2. The van der Waals surface area contributed by atoms with Gasteiger partial charge >= 0.3 is 0 Å². The molecule has 0 spiro atoms. The van der Waals surface area contributed by atoms with Crippen molar-refractivity contribution in [2.24, 2.45) is 0 Å². The van der Waals surface area contributed by atoms with Crippen molar-refractivity contribution in [3.63, 3.8) is 0 Å². The van der Waals surface area contributed by atoms with Crippen LogP contribution >= 0.6 is 11.3 Å². The number of rotatable bonds is 6. The van der Waals surface area contributed by atoms with Crippen LogP contribution in [0.3, 0.4) is 0 Å². The zero-order valence-electron chi connectivity index (χ0n) is 16.8. The topological polar surface area (TPSA) is 68.3 Å². The molecule has 31 heavy (non-hydrogen) atoms. The number of methoxy groups -OCH3 is 1. The zero-order valence-corrected chi connectivity index (χ0v) is 18.4. The average Bonchev–Trinajstić information content (AvgIpc) is 3.24. The summed E-state index contributed by atoms with van der Waals surface area (Å²) in [7, 11) is -2.30. The van der Waals surface area contributed by atoms with Gasteiger partial charge in [0.1, 0.15) is 16.6 Å². The number of nitrogens with zero attached hydrogens (tertiary/aromatic N) is 1. The molecule has 1 N–H and O–H groups in total. The number of aromatic nitrogens is 1. The molecule has 4 rings (SSSR count). The second-order valence-electron chi connectivity index (χ2n) is 6.80. The van der Waals surface area contributed by atoms with E-state index in [0.29, 0.717) is 38.8 Å². The molecule has 0 bridgehead atoms. The SMILES string of the molecule is COc1ccc(S(=O)(=O)Nc2ccccc2-c2csc(-c3ccccc3F)n2)cc1C. The molecule has 0 saturated heterocycles. The summed E-state index contributed by atoms with van der Waals surface area (Å²) in [5.74, 6) is 0.259. The molecule has 158 valence electrons. The molecule has 0 atom stereocenters. The molecular weight excluding hydrogens is 435 g/mol. The quantitative estimate of drug-likeness (QED) is 0.404. The van der Waals surface area contributed by atoms with E-state index in [1.807, 2.05) is 0 Å². The average molecular weight is 455 g/mol. The van der Waals surface area contributed by atoms with Gasteiger partial charge in [0.25, 0.3) is 10.0 Å². The molecule has 0 saturated carbocycles. The summed E-state index contributed by atoms with van der Waals surface area (Å²) in [6, 6.07) is 18.1. The fraction of sp³-hybridized carbons (Fsp3) is 0.0870. The molecule has 5 nitrogen and oxygen atoms in total. The zero-order chi connectivity index (χ0) is 22.0. The largest absolute Gasteiger partial charge is 0.496 e. The molecule has 3 aromatic carbocycles. The molecule has 0 aliphatic rings. The number of hydrogen-bond acceptors (Lipinski definition) is 5. The van der Waals surface area contributed by atoms with Crippen LogP contribution in [0.1, 0.15) is 5.56 Å². The molecule has 1 heterocycles. The predicted octanol–water partition coefficient (Wildman–Crippen LogP) is 5.73. The van der Waals surface area contributed by atoms with Gasteiger partial charge in [-0.3, -0.25) is 4.72 Å². The Bertz CT molecular complexity index is 1350. The van der Waals surface area contributed by atoms with Crippen molar-refractivity contribution in [2.75, 3.05) is 11.8 Å². The minimum absolute atomic E-state index is 0.130. The lowest BCUT2D eigenvalue weighted by Crippen LogP contribution is -2.14. The van der Waals surface area contributed by atoms with Gasteiger partial charge in [-0.05, 0) is 48.9 Å². The molecule has 0 unspecified atom stereocenters. The Morgan fingerprint density at radius 1 is 1.00 bits per heavy atom. The summed E-state index contributed by atoms with van der Waals surface area (Å²) in [5.41, 5.74) is 2.68. The smallest absolute Gasteiger partial charge is 0.261 e. The molecule has 8 heteroatoms. The first-order valence-electron chi connectivity index (χ1n) is 9.36. The van der Waals surface area contributed by atoms with Crippen LogP contribution in [-0.2, 0) is 10.0 Å². The highest BCUT2D eigenvalue weighted by Crippen LogP contribution is 2.34. The van der Waals surface area contributed by atoms with Gasteiger partial charge in [-0.25, -0.2) is 17.8 Å². The number of ether oxygens (including phenoxy) is 1. The number of benzene rings is 3. The number of thiazole rings is 1. The second kappa shape index (κ2) is 8.49. The van der Waals surface area contributed by atoms with Crippen molar-refractivity contribution in [3.05, 3.63) is 83.5 Å². The van der Waals surface area contributed by atoms with Crippen molar-refractivity contribution in [3.8, 4) is 27.6 Å². The maximum Gasteiger partial charge on any atom is 0.261 e. The number of aryl methyl sites for hydroxylation is 1. The highest BCUT2D eigenvalue weighted by molar-refractivity contribution is 7.92. The van der Waals surface area contributed by atoms with Crippen molar-refractivity contribution in [1.29, 1.82) is 0 Å². The lowest BCUT2D eigenvalue weighted by atomic mass is 10.1. The van der Waals surface area contributed by atoms with Crippen molar-refractivity contribution in [2.45, 2.75) is 11.8 Å². The van der Waals surface area contributed by atoms with Crippen LogP contribution in [0.5, 0.6) is 5.75 Å². The Kier molecular flexibility index (Phi) is 5.75. The van der Waals surface area contributed by atoms with Crippen LogP contribution < -0.4 is 9.46 Å².